The lowest BCUT2D eigenvalue weighted by Gasteiger charge is -2.13. The summed E-state index contributed by atoms with van der Waals surface area (Å²) in [4.78, 5) is 0. The van der Waals surface area contributed by atoms with Gasteiger partial charge < -0.3 is 14.2 Å². The van der Waals surface area contributed by atoms with Crippen molar-refractivity contribution >= 4 is 36.1 Å². The number of hydrogen-bond donors (Lipinski definition) is 1. The highest BCUT2D eigenvalue weighted by Gasteiger charge is 2.17. The Bertz CT molecular complexity index is 1080. The van der Waals surface area contributed by atoms with Gasteiger partial charge in [-0.25, -0.2) is 5.10 Å². The van der Waals surface area contributed by atoms with E-state index in [1.54, 1.807) is 39.5 Å². The van der Waals surface area contributed by atoms with Gasteiger partial charge in [0.1, 0.15) is 0 Å². The molecule has 1 heterocycles. The van der Waals surface area contributed by atoms with E-state index in [1.165, 1.54) is 10.9 Å². The average Bonchev–Trinajstić information content (AvgIpc) is 3.12. The standard InChI is InChI=1S/C20H19ClN4O3S/c1-26-16-10-14(11-17(27-2)18(16)28-3)19-23-24-20(29)25(19)22-12-15(21)9-13-7-5-4-6-8-13/h4-12H,1-3H3,(H,24,29). The summed E-state index contributed by atoms with van der Waals surface area (Å²) in [6, 6.07) is 13.2. The van der Waals surface area contributed by atoms with Crippen LogP contribution in [0.3, 0.4) is 0 Å². The lowest BCUT2D eigenvalue weighted by atomic mass is 10.1. The summed E-state index contributed by atoms with van der Waals surface area (Å²) in [6.07, 6.45) is 3.30. The number of aromatic nitrogens is 3. The molecule has 0 amide bonds. The van der Waals surface area contributed by atoms with Crippen LogP contribution in [-0.4, -0.2) is 42.4 Å². The molecule has 0 aliphatic carbocycles. The first kappa shape index (κ1) is 20.6. The maximum absolute atomic E-state index is 6.30. The summed E-state index contributed by atoms with van der Waals surface area (Å²) < 4.78 is 18.0. The fraction of sp³-hybridized carbons (Fsp3) is 0.150. The molecule has 3 rings (SSSR count). The zero-order chi connectivity index (χ0) is 20.8. The van der Waals surface area contributed by atoms with Crippen LogP contribution in [0, 0.1) is 4.77 Å². The van der Waals surface area contributed by atoms with E-state index >= 15 is 0 Å². The Kier molecular flexibility index (Phi) is 6.69. The molecule has 0 unspecified atom stereocenters. The van der Waals surface area contributed by atoms with Gasteiger partial charge in [-0.3, -0.25) is 0 Å². The Morgan fingerprint density at radius 3 is 2.34 bits per heavy atom. The van der Waals surface area contributed by atoms with Crippen molar-refractivity contribution in [3.8, 4) is 28.6 Å². The molecule has 9 heteroatoms. The Hall–Kier alpha value is -3.10. The molecule has 1 N–H and O–H groups in total. The van der Waals surface area contributed by atoms with E-state index in [0.717, 1.165) is 5.56 Å². The minimum absolute atomic E-state index is 0.314. The number of hydrogen-bond acceptors (Lipinski definition) is 6. The van der Waals surface area contributed by atoms with Crippen molar-refractivity contribution in [1.82, 2.24) is 14.9 Å². The van der Waals surface area contributed by atoms with Crippen LogP contribution in [0.4, 0.5) is 0 Å². The number of H-pyrrole nitrogens is 1. The van der Waals surface area contributed by atoms with Crippen LogP contribution in [0.15, 0.2) is 52.6 Å². The number of methoxy groups -OCH3 is 3. The van der Waals surface area contributed by atoms with Gasteiger partial charge in [-0.1, -0.05) is 41.9 Å². The molecule has 29 heavy (non-hydrogen) atoms. The molecule has 1 aromatic heterocycles. The van der Waals surface area contributed by atoms with E-state index in [9.17, 15) is 0 Å². The Balaban J connectivity index is 2.00. The smallest absolute Gasteiger partial charge is 0.216 e. The predicted molar refractivity (Wildman–Crippen MR) is 117 cm³/mol. The highest BCUT2D eigenvalue weighted by Crippen LogP contribution is 2.40. The molecule has 0 atom stereocenters. The maximum Gasteiger partial charge on any atom is 0.216 e. The van der Waals surface area contributed by atoms with Crippen molar-refractivity contribution in [2.75, 3.05) is 21.3 Å². The summed E-state index contributed by atoms with van der Waals surface area (Å²) in [7, 11) is 4.64. The van der Waals surface area contributed by atoms with E-state index in [1.807, 2.05) is 30.3 Å². The van der Waals surface area contributed by atoms with Gasteiger partial charge >= 0.3 is 0 Å². The second kappa shape index (κ2) is 9.40. The van der Waals surface area contributed by atoms with Crippen LogP contribution in [0.25, 0.3) is 17.5 Å². The molecule has 0 aliphatic heterocycles. The molecule has 3 aromatic rings. The minimum Gasteiger partial charge on any atom is -0.493 e. The molecule has 2 aromatic carbocycles. The van der Waals surface area contributed by atoms with Gasteiger partial charge in [0, 0.05) is 5.56 Å². The SMILES string of the molecule is COc1cc(-c2n[nH]c(=S)n2N=CC(Cl)=Cc2ccccc2)cc(OC)c1OC. The van der Waals surface area contributed by atoms with Crippen molar-refractivity contribution < 1.29 is 14.2 Å². The molecule has 0 bridgehead atoms. The van der Waals surface area contributed by atoms with E-state index in [4.69, 9.17) is 38.0 Å². The second-order valence-electron chi connectivity index (χ2n) is 5.76. The highest BCUT2D eigenvalue weighted by molar-refractivity contribution is 7.71. The first-order valence-corrected chi connectivity index (χ1v) is 9.30. The van der Waals surface area contributed by atoms with Gasteiger partial charge in [-0.15, -0.1) is 0 Å². The van der Waals surface area contributed by atoms with Crippen LogP contribution in [0.5, 0.6) is 17.2 Å². The number of halogens is 1. The summed E-state index contributed by atoms with van der Waals surface area (Å²) in [5.74, 6) is 1.94. The van der Waals surface area contributed by atoms with E-state index in [0.29, 0.717) is 38.4 Å². The van der Waals surface area contributed by atoms with Gasteiger partial charge in [-0.05, 0) is 36.0 Å². The lowest BCUT2D eigenvalue weighted by molar-refractivity contribution is 0.324. The number of rotatable bonds is 7. The van der Waals surface area contributed by atoms with Crippen LogP contribution in [0.1, 0.15) is 5.56 Å². The molecule has 0 radical (unpaired) electrons. The third kappa shape index (κ3) is 4.67. The molecule has 150 valence electrons. The van der Waals surface area contributed by atoms with Crippen LogP contribution >= 0.6 is 23.8 Å². The molecule has 0 saturated heterocycles. The third-order valence-corrected chi connectivity index (χ3v) is 4.44. The molecule has 0 fully saturated rings. The van der Waals surface area contributed by atoms with Gasteiger partial charge in [0.2, 0.25) is 10.5 Å². The Labute approximate surface area is 178 Å². The summed E-state index contributed by atoms with van der Waals surface area (Å²) >= 11 is 11.6. The first-order valence-electron chi connectivity index (χ1n) is 8.51. The summed E-state index contributed by atoms with van der Waals surface area (Å²) in [5, 5.41) is 11.8. The summed E-state index contributed by atoms with van der Waals surface area (Å²) in [6.45, 7) is 0. The van der Waals surface area contributed by atoms with E-state index in [-0.39, 0.29) is 0 Å². The zero-order valence-corrected chi connectivity index (χ0v) is 17.6. The molecule has 7 nitrogen and oxygen atoms in total. The highest BCUT2D eigenvalue weighted by atomic mass is 35.5. The van der Waals surface area contributed by atoms with Crippen molar-refractivity contribution in [2.24, 2.45) is 5.10 Å². The number of benzene rings is 2. The van der Waals surface area contributed by atoms with Crippen molar-refractivity contribution in [3.63, 3.8) is 0 Å². The molecule has 0 spiro atoms. The van der Waals surface area contributed by atoms with Crippen molar-refractivity contribution in [1.29, 1.82) is 0 Å². The van der Waals surface area contributed by atoms with Crippen LogP contribution < -0.4 is 14.2 Å². The lowest BCUT2D eigenvalue weighted by Crippen LogP contribution is -1.98. The first-order chi connectivity index (χ1) is 14.1. The zero-order valence-electron chi connectivity index (χ0n) is 16.0. The minimum atomic E-state index is 0.314. The van der Waals surface area contributed by atoms with E-state index in [2.05, 4.69) is 15.3 Å². The largest absolute Gasteiger partial charge is 0.493 e. The Morgan fingerprint density at radius 2 is 1.76 bits per heavy atom. The van der Waals surface area contributed by atoms with Crippen molar-refractivity contribution in [3.05, 3.63) is 57.8 Å². The van der Waals surface area contributed by atoms with Gasteiger partial charge in [0.05, 0.1) is 32.6 Å². The quantitative estimate of drug-likeness (QED) is 0.432. The maximum atomic E-state index is 6.30. The van der Waals surface area contributed by atoms with Gasteiger partial charge in [-0.2, -0.15) is 14.9 Å². The monoisotopic (exact) mass is 430 g/mol. The molecule has 0 aliphatic rings. The van der Waals surface area contributed by atoms with Crippen LogP contribution in [0.2, 0.25) is 0 Å². The number of allylic oxidation sites excluding steroid dienone is 1. The number of aromatic amines is 1. The number of ether oxygens (including phenoxy) is 3. The topological polar surface area (TPSA) is 73.7 Å². The third-order valence-electron chi connectivity index (χ3n) is 3.97. The fourth-order valence-electron chi connectivity index (χ4n) is 2.65. The van der Waals surface area contributed by atoms with E-state index < -0.39 is 0 Å². The Morgan fingerprint density at radius 1 is 1.10 bits per heavy atom. The predicted octanol–water partition coefficient (Wildman–Crippen LogP) is 4.75. The van der Waals surface area contributed by atoms with Crippen molar-refractivity contribution in [2.45, 2.75) is 0 Å². The second-order valence-corrected chi connectivity index (χ2v) is 6.59. The number of nitrogens with zero attached hydrogens (tertiary/aromatic N) is 3. The van der Waals surface area contributed by atoms with Gasteiger partial charge in [0.25, 0.3) is 0 Å². The molecular formula is C20H19ClN4O3S. The average molecular weight is 431 g/mol. The normalized spacial score (nSPS) is 11.7. The summed E-state index contributed by atoms with van der Waals surface area (Å²) in [5.41, 5.74) is 1.64. The fourth-order valence-corrected chi connectivity index (χ4v) is 3.00. The molecular weight excluding hydrogens is 412 g/mol. The number of nitrogens with one attached hydrogen (secondary N) is 1. The van der Waals surface area contributed by atoms with Crippen LogP contribution in [-0.2, 0) is 0 Å². The molecule has 0 saturated carbocycles. The van der Waals surface area contributed by atoms with Gasteiger partial charge in [0.15, 0.2) is 17.3 Å².